The Morgan fingerprint density at radius 3 is 2.68 bits per heavy atom. The van der Waals surface area contributed by atoms with E-state index in [1.165, 1.54) is 4.90 Å². The molecule has 0 spiro atoms. The molecule has 6 heteroatoms. The monoisotopic (exact) mass is 297 g/mol. The van der Waals surface area contributed by atoms with Crippen molar-refractivity contribution < 1.29 is 14.3 Å². The van der Waals surface area contributed by atoms with Gasteiger partial charge in [0.1, 0.15) is 12.3 Å². The number of nitrogens with zero attached hydrogens (tertiary/aromatic N) is 1. The molecular formula is C16H15N3O3. The lowest BCUT2D eigenvalue weighted by atomic mass is 10.2. The van der Waals surface area contributed by atoms with E-state index in [2.05, 4.69) is 5.32 Å². The van der Waals surface area contributed by atoms with Gasteiger partial charge in [0.25, 0.3) is 5.91 Å². The predicted molar refractivity (Wildman–Crippen MR) is 83.8 cm³/mol. The van der Waals surface area contributed by atoms with Gasteiger partial charge in [0.15, 0.2) is 6.61 Å². The summed E-state index contributed by atoms with van der Waals surface area (Å²) in [5, 5.41) is 2.74. The Morgan fingerprint density at radius 2 is 1.91 bits per heavy atom. The number of benzene rings is 2. The van der Waals surface area contributed by atoms with Gasteiger partial charge < -0.3 is 15.8 Å². The number of nitrogens with one attached hydrogen (secondary N) is 1. The molecule has 0 aromatic heterocycles. The van der Waals surface area contributed by atoms with Crippen molar-refractivity contribution >= 4 is 28.9 Å². The third-order valence-electron chi connectivity index (χ3n) is 3.30. The standard InChI is InChI=1S/C16H15N3O3/c17-11-5-7-12(8-6-11)18-15(20)9-19-13-3-1-2-4-14(13)22-10-16(19)21/h1-8H,9-10,17H2,(H,18,20). The van der Waals surface area contributed by atoms with Crippen LogP contribution in [0, 0.1) is 0 Å². The maximum atomic E-state index is 12.1. The van der Waals surface area contributed by atoms with E-state index in [1.807, 2.05) is 6.07 Å². The SMILES string of the molecule is Nc1ccc(NC(=O)CN2C(=O)COc3ccccc32)cc1. The van der Waals surface area contributed by atoms with Crippen LogP contribution >= 0.6 is 0 Å². The lowest BCUT2D eigenvalue weighted by Gasteiger charge is -2.28. The third kappa shape index (κ3) is 2.85. The molecular weight excluding hydrogens is 282 g/mol. The number of nitrogen functional groups attached to an aromatic ring is 1. The number of hydrogen-bond donors (Lipinski definition) is 2. The summed E-state index contributed by atoms with van der Waals surface area (Å²) in [6.45, 7) is -0.129. The van der Waals surface area contributed by atoms with Crippen LogP contribution < -0.4 is 20.7 Å². The molecule has 3 rings (SSSR count). The first-order valence-corrected chi connectivity index (χ1v) is 6.81. The Labute approximate surface area is 127 Å². The fraction of sp³-hybridized carbons (Fsp3) is 0.125. The highest BCUT2D eigenvalue weighted by atomic mass is 16.5. The third-order valence-corrected chi connectivity index (χ3v) is 3.30. The molecule has 3 N–H and O–H groups in total. The molecule has 0 radical (unpaired) electrons. The maximum absolute atomic E-state index is 12.1. The van der Waals surface area contributed by atoms with Crippen molar-refractivity contribution in [3.63, 3.8) is 0 Å². The molecule has 112 valence electrons. The Morgan fingerprint density at radius 1 is 1.18 bits per heavy atom. The predicted octanol–water partition coefficient (Wildman–Crippen LogP) is 1.63. The van der Waals surface area contributed by atoms with Crippen LogP contribution in [0.25, 0.3) is 0 Å². The van der Waals surface area contributed by atoms with Gasteiger partial charge in [-0.2, -0.15) is 0 Å². The van der Waals surface area contributed by atoms with E-state index in [0.29, 0.717) is 22.8 Å². The van der Waals surface area contributed by atoms with Crippen LogP contribution in [0.15, 0.2) is 48.5 Å². The minimum atomic E-state index is -0.283. The molecule has 0 aliphatic carbocycles. The van der Waals surface area contributed by atoms with Crippen molar-refractivity contribution in [2.45, 2.75) is 0 Å². The zero-order chi connectivity index (χ0) is 15.5. The summed E-state index contributed by atoms with van der Waals surface area (Å²) in [7, 11) is 0. The molecule has 2 aromatic carbocycles. The Balaban J connectivity index is 1.73. The summed E-state index contributed by atoms with van der Waals surface area (Å²) in [6, 6.07) is 14.0. The fourth-order valence-corrected chi connectivity index (χ4v) is 2.24. The number of anilines is 3. The van der Waals surface area contributed by atoms with Crippen LogP contribution in [0.1, 0.15) is 0 Å². The van der Waals surface area contributed by atoms with Crippen LogP contribution in [-0.2, 0) is 9.59 Å². The van der Waals surface area contributed by atoms with E-state index in [0.717, 1.165) is 0 Å². The smallest absolute Gasteiger partial charge is 0.265 e. The number of amides is 2. The molecule has 0 saturated carbocycles. The van der Waals surface area contributed by atoms with Crippen molar-refractivity contribution in [2.75, 3.05) is 29.1 Å². The van der Waals surface area contributed by atoms with E-state index >= 15 is 0 Å². The van der Waals surface area contributed by atoms with Crippen LogP contribution in [0.4, 0.5) is 17.1 Å². The van der Waals surface area contributed by atoms with Crippen molar-refractivity contribution in [3.8, 4) is 5.75 Å². The van der Waals surface area contributed by atoms with Crippen molar-refractivity contribution in [1.82, 2.24) is 0 Å². The number of nitrogens with two attached hydrogens (primary N) is 1. The van der Waals surface area contributed by atoms with Crippen LogP contribution in [-0.4, -0.2) is 25.0 Å². The molecule has 0 unspecified atom stereocenters. The Hall–Kier alpha value is -3.02. The summed E-state index contributed by atoms with van der Waals surface area (Å²) in [4.78, 5) is 25.6. The number of carbonyl (C=O) groups excluding carboxylic acids is 2. The molecule has 0 saturated heterocycles. The molecule has 0 atom stereocenters. The largest absolute Gasteiger partial charge is 0.482 e. The van der Waals surface area contributed by atoms with Crippen LogP contribution in [0.2, 0.25) is 0 Å². The fourth-order valence-electron chi connectivity index (χ4n) is 2.24. The van der Waals surface area contributed by atoms with Gasteiger partial charge >= 0.3 is 0 Å². The summed E-state index contributed by atoms with van der Waals surface area (Å²) >= 11 is 0. The van der Waals surface area contributed by atoms with E-state index in [1.54, 1.807) is 42.5 Å². The lowest BCUT2D eigenvalue weighted by molar-refractivity contribution is -0.123. The molecule has 2 amide bonds. The van der Waals surface area contributed by atoms with Gasteiger partial charge in [0.05, 0.1) is 5.69 Å². The Kier molecular flexibility index (Phi) is 3.65. The second-order valence-electron chi connectivity index (χ2n) is 4.91. The number of hydrogen-bond acceptors (Lipinski definition) is 4. The summed E-state index contributed by atoms with van der Waals surface area (Å²) in [5.41, 5.74) is 7.45. The Bertz CT molecular complexity index is 713. The highest BCUT2D eigenvalue weighted by Gasteiger charge is 2.26. The molecule has 6 nitrogen and oxygen atoms in total. The van der Waals surface area contributed by atoms with E-state index in [-0.39, 0.29) is 25.0 Å². The average Bonchev–Trinajstić information content (AvgIpc) is 2.52. The quantitative estimate of drug-likeness (QED) is 0.843. The second kappa shape index (κ2) is 5.77. The van der Waals surface area contributed by atoms with Crippen LogP contribution in [0.5, 0.6) is 5.75 Å². The van der Waals surface area contributed by atoms with Crippen LogP contribution in [0.3, 0.4) is 0 Å². The topological polar surface area (TPSA) is 84.7 Å². The summed E-state index contributed by atoms with van der Waals surface area (Å²) in [5.74, 6) is 0.0726. The van der Waals surface area contributed by atoms with Crippen molar-refractivity contribution in [1.29, 1.82) is 0 Å². The minimum Gasteiger partial charge on any atom is -0.482 e. The maximum Gasteiger partial charge on any atom is 0.265 e. The van der Waals surface area contributed by atoms with Gasteiger partial charge in [-0.15, -0.1) is 0 Å². The number of fused-ring (bicyclic) bond motifs is 1. The number of carbonyl (C=O) groups is 2. The van der Waals surface area contributed by atoms with Crippen molar-refractivity contribution in [3.05, 3.63) is 48.5 Å². The zero-order valence-corrected chi connectivity index (χ0v) is 11.8. The number of para-hydroxylation sites is 2. The normalized spacial score (nSPS) is 13.3. The summed E-state index contributed by atoms with van der Waals surface area (Å²) < 4.78 is 5.34. The highest BCUT2D eigenvalue weighted by Crippen LogP contribution is 2.31. The van der Waals surface area contributed by atoms with Gasteiger partial charge in [-0.25, -0.2) is 0 Å². The van der Waals surface area contributed by atoms with Gasteiger partial charge in [0, 0.05) is 11.4 Å². The molecule has 1 aliphatic heterocycles. The van der Waals surface area contributed by atoms with E-state index in [4.69, 9.17) is 10.5 Å². The second-order valence-corrected chi connectivity index (χ2v) is 4.91. The number of rotatable bonds is 3. The molecule has 22 heavy (non-hydrogen) atoms. The highest BCUT2D eigenvalue weighted by molar-refractivity contribution is 6.04. The number of ether oxygens (including phenoxy) is 1. The van der Waals surface area contributed by atoms with Crippen molar-refractivity contribution in [2.24, 2.45) is 0 Å². The molecule has 0 fully saturated rings. The lowest BCUT2D eigenvalue weighted by Crippen LogP contribution is -2.43. The first-order chi connectivity index (χ1) is 10.6. The van der Waals surface area contributed by atoms with E-state index < -0.39 is 0 Å². The molecule has 0 bridgehead atoms. The molecule has 1 aliphatic rings. The zero-order valence-electron chi connectivity index (χ0n) is 11.8. The van der Waals surface area contributed by atoms with Gasteiger partial charge in [-0.3, -0.25) is 14.5 Å². The minimum absolute atomic E-state index is 0.0633. The first-order valence-electron chi connectivity index (χ1n) is 6.81. The van der Waals surface area contributed by atoms with Gasteiger partial charge in [-0.05, 0) is 36.4 Å². The molecule has 1 heterocycles. The summed E-state index contributed by atoms with van der Waals surface area (Å²) in [6.07, 6.45) is 0. The van der Waals surface area contributed by atoms with E-state index in [9.17, 15) is 9.59 Å². The first kappa shape index (κ1) is 13.9. The van der Waals surface area contributed by atoms with Gasteiger partial charge in [0.2, 0.25) is 5.91 Å². The van der Waals surface area contributed by atoms with Gasteiger partial charge in [-0.1, -0.05) is 12.1 Å². The molecule has 2 aromatic rings. The average molecular weight is 297 g/mol.